The molecule has 3 N–H and O–H groups in total. The minimum Gasteiger partial charge on any atom is -0.343 e. The summed E-state index contributed by atoms with van der Waals surface area (Å²) in [7, 11) is 9.97. The summed E-state index contributed by atoms with van der Waals surface area (Å²) in [6.07, 6.45) is 6.09. The second-order valence-electron chi connectivity index (χ2n) is 29.5. The fourth-order valence-corrected chi connectivity index (χ4v) is 15.3. The van der Waals surface area contributed by atoms with E-state index in [1.54, 1.807) is 11.8 Å². The summed E-state index contributed by atoms with van der Waals surface area (Å²) in [5.41, 5.74) is -2.28. The highest BCUT2D eigenvalue weighted by Crippen LogP contribution is 2.41. The summed E-state index contributed by atoms with van der Waals surface area (Å²) in [4.78, 5) is 190. The van der Waals surface area contributed by atoms with Gasteiger partial charge in [0.15, 0.2) is 0 Å². The normalized spacial score (nSPS) is 26.8. The number of halogens is 4. The Balaban J connectivity index is 1.27. The lowest BCUT2D eigenvalue weighted by Gasteiger charge is -2.42. The van der Waals surface area contributed by atoms with Crippen LogP contribution in [0.15, 0.2) is 18.2 Å². The molecule has 1 aromatic rings. The largest absolute Gasteiger partial charge is 0.417 e. The maximum Gasteiger partial charge on any atom is 0.417 e. The van der Waals surface area contributed by atoms with E-state index in [4.69, 9.17) is 11.6 Å². The van der Waals surface area contributed by atoms with Crippen LogP contribution in [0.1, 0.15) is 180 Å². The molecule has 3 aliphatic heterocycles. The van der Waals surface area contributed by atoms with E-state index in [9.17, 15) is 46.7 Å². The minimum absolute atomic E-state index is 0.0210. The average Bonchev–Trinajstić information content (AvgIpc) is 1.62. The van der Waals surface area contributed by atoms with Crippen molar-refractivity contribution in [3.63, 3.8) is 0 Å². The maximum absolute atomic E-state index is 15.7. The van der Waals surface area contributed by atoms with Crippen molar-refractivity contribution >= 4 is 82.5 Å². The zero-order valence-electron chi connectivity index (χ0n) is 60.0. The van der Waals surface area contributed by atoms with E-state index >= 15 is 24.0 Å². The van der Waals surface area contributed by atoms with E-state index in [1.165, 1.54) is 79.9 Å². The van der Waals surface area contributed by atoms with Gasteiger partial charge in [-0.3, -0.25) is 57.5 Å². The first-order chi connectivity index (χ1) is 46.7. The number of alkyl halides is 3. The first kappa shape index (κ1) is 79.3. The third-order valence-corrected chi connectivity index (χ3v) is 22.0. The second kappa shape index (κ2) is 35.0. The van der Waals surface area contributed by atoms with Gasteiger partial charge in [-0.05, 0) is 125 Å². The van der Waals surface area contributed by atoms with Crippen molar-refractivity contribution in [3.05, 3.63) is 34.3 Å². The number of hydrogen-bond acceptors (Lipinski definition) is 12. The molecule has 0 bridgehead atoms. The van der Waals surface area contributed by atoms with Gasteiger partial charge < -0.3 is 60.0 Å². The highest BCUT2D eigenvalue weighted by molar-refractivity contribution is 6.31. The molecule has 28 heteroatoms. The molecule has 6 fully saturated rings. The van der Waals surface area contributed by atoms with Gasteiger partial charge in [0.05, 0.1) is 36.6 Å². The molecule has 0 radical (unpaired) electrons. The van der Waals surface area contributed by atoms with Crippen LogP contribution in [0.5, 0.6) is 0 Å². The number of amides is 12. The standard InChI is InChI=1S/C71H108ClF3N12O12/c1-12-45(4)60-67(97)81(7)42-58(90)79(5)43-59(91)83(9)54(39-46-23-16-13-17-24-46)65(95)80(6)41-56(88)76-51(31-29-47-28-30-49(50(72)38-47)71(73,74)75)64(94)87-36-22-27-52(87)63(93)78-70(32-33-70)69(99)85(11)61(48-25-18-14-19-26-48)68(98)84(10)55(66(96)86-34-20-15-21-35-86)40-57(89)82(8)53(37-44(2)3)62(92)77-60/h28,30,38,44-46,48,51-55,60-61H,12-27,29,31-37,39-43H2,1-11H3,(H,76,88)(H,77,92)(H,78,93)/t45-,51-,52?,53-,54-,55-,60-,61-/m0/s1. The van der Waals surface area contributed by atoms with Crippen molar-refractivity contribution < 1.29 is 70.7 Å². The monoisotopic (exact) mass is 1410 g/mol. The van der Waals surface area contributed by atoms with E-state index in [0.29, 0.717) is 57.2 Å². The Hall–Kier alpha value is -7.06. The first-order valence-electron chi connectivity index (χ1n) is 35.9. The molecule has 3 saturated heterocycles. The van der Waals surface area contributed by atoms with Crippen molar-refractivity contribution in [2.75, 3.05) is 88.6 Å². The van der Waals surface area contributed by atoms with Crippen molar-refractivity contribution in [2.45, 2.75) is 229 Å². The number of likely N-dealkylation sites (tertiary alicyclic amines) is 1. The van der Waals surface area contributed by atoms with E-state index in [-0.39, 0.29) is 63.3 Å². The summed E-state index contributed by atoms with van der Waals surface area (Å²) < 4.78 is 41.5. The molecule has 3 heterocycles. The molecule has 1 aromatic carbocycles. The molecule has 12 amide bonds. The third kappa shape index (κ3) is 20.2. The van der Waals surface area contributed by atoms with Crippen molar-refractivity contribution in [1.82, 2.24) is 60.0 Å². The van der Waals surface area contributed by atoms with Crippen LogP contribution in [0.25, 0.3) is 0 Å². The van der Waals surface area contributed by atoms with Gasteiger partial charge in [-0.25, -0.2) is 0 Å². The molecular weight excluding hydrogens is 1310 g/mol. The van der Waals surface area contributed by atoms with Crippen molar-refractivity contribution in [3.8, 4) is 0 Å². The summed E-state index contributed by atoms with van der Waals surface area (Å²) in [5, 5.41) is 8.04. The molecule has 3 saturated carbocycles. The third-order valence-electron chi connectivity index (χ3n) is 21.6. The molecule has 7 rings (SSSR count). The molecule has 3 aliphatic carbocycles. The van der Waals surface area contributed by atoms with Gasteiger partial charge in [0, 0.05) is 69.0 Å². The highest BCUT2D eigenvalue weighted by Gasteiger charge is 2.56. The number of carbonyl (C=O) groups is 12. The fourth-order valence-electron chi connectivity index (χ4n) is 15.0. The maximum atomic E-state index is 15.7. The zero-order chi connectivity index (χ0) is 73.0. The fraction of sp³-hybridized carbons (Fsp3) is 0.746. The van der Waals surface area contributed by atoms with Gasteiger partial charge in [-0.15, -0.1) is 0 Å². The van der Waals surface area contributed by atoms with Crippen LogP contribution in [-0.2, 0) is 70.1 Å². The first-order valence-corrected chi connectivity index (χ1v) is 36.2. The van der Waals surface area contributed by atoms with Crippen LogP contribution < -0.4 is 16.0 Å². The lowest BCUT2D eigenvalue weighted by molar-refractivity contribution is -0.156. The van der Waals surface area contributed by atoms with E-state index in [0.717, 1.165) is 84.6 Å². The quantitative estimate of drug-likeness (QED) is 0.243. The van der Waals surface area contributed by atoms with Crippen LogP contribution in [-0.4, -0.2) is 251 Å². The molecule has 1 unspecified atom stereocenters. The Morgan fingerprint density at radius 3 is 1.82 bits per heavy atom. The van der Waals surface area contributed by atoms with Crippen LogP contribution in [0.2, 0.25) is 5.02 Å². The Morgan fingerprint density at radius 1 is 0.626 bits per heavy atom. The van der Waals surface area contributed by atoms with Gasteiger partial charge in [-0.2, -0.15) is 13.2 Å². The Labute approximate surface area is 586 Å². The number of hydrogen-bond donors (Lipinski definition) is 3. The number of piperidine rings is 1. The molecule has 6 aliphatic rings. The summed E-state index contributed by atoms with van der Waals surface area (Å²) in [6.45, 7) is 6.46. The molecule has 99 heavy (non-hydrogen) atoms. The number of nitrogens with one attached hydrogen (secondary N) is 3. The number of carbonyl (C=O) groups excluding carboxylic acids is 12. The van der Waals surface area contributed by atoms with E-state index in [1.807, 2.05) is 20.8 Å². The topological polar surface area (TPSA) is 270 Å². The van der Waals surface area contributed by atoms with E-state index < -0.39 is 173 Å². The second-order valence-corrected chi connectivity index (χ2v) is 29.9. The molecular formula is C71H108ClF3N12O12. The molecule has 552 valence electrons. The van der Waals surface area contributed by atoms with Crippen molar-refractivity contribution in [2.24, 2.45) is 23.7 Å². The Kier molecular flexibility index (Phi) is 28.0. The summed E-state index contributed by atoms with van der Waals surface area (Å²) in [6, 6.07) is -5.50. The smallest absolute Gasteiger partial charge is 0.343 e. The molecule has 1 spiro atoms. The summed E-state index contributed by atoms with van der Waals surface area (Å²) >= 11 is 6.14. The molecule has 24 nitrogen and oxygen atoms in total. The van der Waals surface area contributed by atoms with E-state index in [2.05, 4.69) is 16.0 Å². The van der Waals surface area contributed by atoms with Gasteiger partial charge in [-0.1, -0.05) is 103 Å². The number of benzene rings is 1. The number of aryl methyl sites for hydroxylation is 1. The van der Waals surface area contributed by atoms with Crippen molar-refractivity contribution in [1.29, 1.82) is 0 Å². The van der Waals surface area contributed by atoms with Gasteiger partial charge in [0.25, 0.3) is 0 Å². The van der Waals surface area contributed by atoms with Crippen LogP contribution >= 0.6 is 11.6 Å². The SMILES string of the molecule is CC[C@H](C)[C@@H]1NC(=O)[C@H](CC(C)C)N(C)C(=O)C[C@@H](C(=O)N2CCCCC2)N(C)C(=O)[C@H](C2CCCCC2)N(C)C(=O)C2(CC2)NC(=O)C2CCCN2C(=O)[C@H](CCc2ccc(C(F)(F)F)c(Cl)c2)NC(=O)CN(C)C(=O)[C@H](CC2CCCCC2)N(C)C(=O)CN(C)C(=O)CN(C)C1=O. The van der Waals surface area contributed by atoms with Gasteiger partial charge in [0.1, 0.15) is 47.8 Å². The molecule has 8 atom stereocenters. The number of likely N-dealkylation sites (N-methyl/N-ethyl adjacent to an activating group) is 7. The van der Waals surface area contributed by atoms with Gasteiger partial charge >= 0.3 is 6.18 Å². The molecule has 0 aromatic heterocycles. The summed E-state index contributed by atoms with van der Waals surface area (Å²) in [5.74, 6) is -8.73. The predicted octanol–water partition coefficient (Wildman–Crippen LogP) is 5.64. The van der Waals surface area contributed by atoms with Gasteiger partial charge in [0.2, 0.25) is 70.9 Å². The zero-order valence-corrected chi connectivity index (χ0v) is 60.8. The Bertz CT molecular complexity index is 3100. The predicted molar refractivity (Wildman–Crippen MR) is 364 cm³/mol. The highest BCUT2D eigenvalue weighted by atomic mass is 35.5. The number of fused-ring (bicyclic) bond motifs is 1. The lowest BCUT2D eigenvalue weighted by Crippen LogP contribution is -2.62. The number of rotatable bonds is 11. The Morgan fingerprint density at radius 2 is 1.22 bits per heavy atom. The van der Waals surface area contributed by atoms with Crippen LogP contribution in [0.3, 0.4) is 0 Å². The lowest BCUT2D eigenvalue weighted by atomic mass is 9.82. The average molecular weight is 1410 g/mol. The number of nitrogens with zero attached hydrogens (tertiary/aromatic N) is 9. The van der Waals surface area contributed by atoms with Crippen LogP contribution in [0, 0.1) is 23.7 Å². The van der Waals surface area contributed by atoms with Crippen LogP contribution in [0.4, 0.5) is 13.2 Å². The minimum atomic E-state index is -4.76.